The van der Waals surface area contributed by atoms with E-state index in [2.05, 4.69) is 33.5 Å². The van der Waals surface area contributed by atoms with E-state index < -0.39 is 0 Å². The van der Waals surface area contributed by atoms with Gasteiger partial charge < -0.3 is 15.8 Å². The Morgan fingerprint density at radius 2 is 2.23 bits per heavy atom. The molecular weight excluding hydrogens is 276 g/mol. The number of benzene rings is 1. The van der Waals surface area contributed by atoms with Crippen molar-refractivity contribution in [2.24, 2.45) is 4.99 Å². The minimum Gasteiger partial charge on any atom is -0.384 e. The number of aliphatic imine (C=N–C) groups is 1. The van der Waals surface area contributed by atoms with E-state index >= 15 is 0 Å². The van der Waals surface area contributed by atoms with Gasteiger partial charge in [-0.2, -0.15) is 0 Å². The second-order valence-corrected chi connectivity index (χ2v) is 5.71. The zero-order valence-electron chi connectivity index (χ0n) is 12.2. The number of ether oxygens (including phenoxy) is 1. The quantitative estimate of drug-likeness (QED) is 0.912. The Kier molecular flexibility index (Phi) is 3.27. The molecule has 0 spiro atoms. The number of nitrogens with zero attached hydrogens (tertiary/aromatic N) is 2. The van der Waals surface area contributed by atoms with E-state index in [0.29, 0.717) is 11.9 Å². The van der Waals surface area contributed by atoms with Gasteiger partial charge in [0, 0.05) is 30.0 Å². The van der Waals surface area contributed by atoms with Gasteiger partial charge in [0.05, 0.1) is 24.7 Å². The van der Waals surface area contributed by atoms with E-state index in [1.807, 2.05) is 18.4 Å². The number of hydrogen-bond donors (Lipinski definition) is 2. The Labute approximate surface area is 128 Å². The highest BCUT2D eigenvalue weighted by atomic mass is 16.5. The largest absolute Gasteiger partial charge is 0.384 e. The molecule has 0 unspecified atom stereocenters. The van der Waals surface area contributed by atoms with Crippen molar-refractivity contribution in [2.75, 3.05) is 30.8 Å². The molecule has 1 atom stereocenters. The molecule has 3 N–H and O–H groups in total. The number of nitrogen functional groups attached to an aromatic ring is 1. The van der Waals surface area contributed by atoms with Crippen molar-refractivity contribution in [2.45, 2.75) is 12.5 Å². The SMILES string of the molecule is Nc1cc(N[C@H]2CCOC2)c2ccc(C3=CC=NC3)cc2n1. The number of hydrogen-bond acceptors (Lipinski definition) is 5. The van der Waals surface area contributed by atoms with Crippen LogP contribution in [0.3, 0.4) is 0 Å². The fourth-order valence-corrected chi connectivity index (χ4v) is 2.97. The second kappa shape index (κ2) is 5.42. The Hall–Kier alpha value is -2.40. The van der Waals surface area contributed by atoms with Crippen molar-refractivity contribution in [1.29, 1.82) is 0 Å². The van der Waals surface area contributed by atoms with E-state index in [4.69, 9.17) is 10.5 Å². The lowest BCUT2D eigenvalue weighted by Crippen LogP contribution is -2.19. The Bertz CT molecular complexity index is 776. The molecule has 1 aromatic heterocycles. The van der Waals surface area contributed by atoms with Crippen molar-refractivity contribution in [3.63, 3.8) is 0 Å². The summed E-state index contributed by atoms with van der Waals surface area (Å²) in [6.45, 7) is 2.29. The molecular formula is C17H18N4O. The van der Waals surface area contributed by atoms with E-state index in [0.717, 1.165) is 48.3 Å². The summed E-state index contributed by atoms with van der Waals surface area (Å²) in [4.78, 5) is 8.72. The summed E-state index contributed by atoms with van der Waals surface area (Å²) in [6, 6.07) is 8.56. The smallest absolute Gasteiger partial charge is 0.126 e. The first-order valence-electron chi connectivity index (χ1n) is 7.53. The first-order chi connectivity index (χ1) is 10.8. The molecule has 112 valence electrons. The minimum absolute atomic E-state index is 0.343. The number of nitrogens with one attached hydrogen (secondary N) is 1. The number of aromatic nitrogens is 1. The van der Waals surface area contributed by atoms with Crippen molar-refractivity contribution >= 4 is 34.2 Å². The van der Waals surface area contributed by atoms with Crippen LogP contribution in [-0.2, 0) is 4.74 Å². The van der Waals surface area contributed by atoms with Gasteiger partial charge in [0.2, 0.25) is 0 Å². The fraction of sp³-hybridized carbons (Fsp3) is 0.294. The van der Waals surface area contributed by atoms with Gasteiger partial charge in [-0.05, 0) is 29.7 Å². The van der Waals surface area contributed by atoms with Crippen LogP contribution in [0.5, 0.6) is 0 Å². The van der Waals surface area contributed by atoms with E-state index in [9.17, 15) is 0 Å². The molecule has 22 heavy (non-hydrogen) atoms. The zero-order chi connectivity index (χ0) is 14.9. The molecule has 2 aliphatic heterocycles. The van der Waals surface area contributed by atoms with Crippen LogP contribution in [-0.4, -0.2) is 37.0 Å². The lowest BCUT2D eigenvalue weighted by atomic mass is 10.0. The van der Waals surface area contributed by atoms with Crippen LogP contribution in [0, 0.1) is 0 Å². The monoisotopic (exact) mass is 294 g/mol. The highest BCUT2D eigenvalue weighted by Crippen LogP contribution is 2.29. The maximum absolute atomic E-state index is 5.98. The number of anilines is 2. The normalized spacial score (nSPS) is 20.5. The Morgan fingerprint density at radius 1 is 1.27 bits per heavy atom. The standard InChI is InChI=1S/C17H18N4O/c18-17-8-16(20-13-4-6-22-10-13)14-2-1-11(7-15(14)21-17)12-3-5-19-9-12/h1-3,5,7-8,13H,4,6,9-10H2,(H3,18,20,21)/t13-/m0/s1. The van der Waals surface area contributed by atoms with Crippen LogP contribution in [0.25, 0.3) is 16.5 Å². The lowest BCUT2D eigenvalue weighted by molar-refractivity contribution is 0.195. The summed E-state index contributed by atoms with van der Waals surface area (Å²) in [7, 11) is 0. The number of nitrogens with two attached hydrogens (primary N) is 1. The van der Waals surface area contributed by atoms with Gasteiger partial charge in [0.25, 0.3) is 0 Å². The van der Waals surface area contributed by atoms with Gasteiger partial charge in [-0.3, -0.25) is 4.99 Å². The third kappa shape index (κ3) is 2.44. The molecule has 5 nitrogen and oxygen atoms in total. The predicted octanol–water partition coefficient (Wildman–Crippen LogP) is 2.49. The molecule has 2 aliphatic rings. The molecule has 5 heteroatoms. The maximum atomic E-state index is 5.98. The molecule has 1 aromatic carbocycles. The summed E-state index contributed by atoms with van der Waals surface area (Å²) in [5.74, 6) is 0.530. The molecule has 0 aliphatic carbocycles. The first-order valence-corrected chi connectivity index (χ1v) is 7.53. The van der Waals surface area contributed by atoms with Gasteiger partial charge in [-0.15, -0.1) is 0 Å². The van der Waals surface area contributed by atoms with E-state index in [1.54, 1.807) is 0 Å². The van der Waals surface area contributed by atoms with Gasteiger partial charge in [-0.25, -0.2) is 4.98 Å². The van der Waals surface area contributed by atoms with Gasteiger partial charge in [0.1, 0.15) is 5.82 Å². The van der Waals surface area contributed by atoms with Crippen LogP contribution < -0.4 is 11.1 Å². The molecule has 3 heterocycles. The average molecular weight is 294 g/mol. The summed E-state index contributed by atoms with van der Waals surface area (Å²) in [5.41, 5.74) is 10.3. The zero-order valence-corrected chi connectivity index (χ0v) is 12.2. The van der Waals surface area contributed by atoms with Crippen LogP contribution in [0.1, 0.15) is 12.0 Å². The minimum atomic E-state index is 0.343. The van der Waals surface area contributed by atoms with Crippen LogP contribution in [0.4, 0.5) is 11.5 Å². The Balaban J connectivity index is 1.73. The van der Waals surface area contributed by atoms with Gasteiger partial charge in [-0.1, -0.05) is 12.1 Å². The van der Waals surface area contributed by atoms with Crippen molar-refractivity contribution < 1.29 is 4.74 Å². The number of fused-ring (bicyclic) bond motifs is 1. The first kappa shape index (κ1) is 13.3. The molecule has 0 amide bonds. The molecule has 1 saturated heterocycles. The van der Waals surface area contributed by atoms with Crippen LogP contribution in [0.15, 0.2) is 35.3 Å². The third-order valence-corrected chi connectivity index (χ3v) is 4.13. The van der Waals surface area contributed by atoms with Crippen molar-refractivity contribution in [3.8, 4) is 0 Å². The van der Waals surface area contributed by atoms with Crippen molar-refractivity contribution in [1.82, 2.24) is 4.98 Å². The topological polar surface area (TPSA) is 72.5 Å². The van der Waals surface area contributed by atoms with Crippen molar-refractivity contribution in [3.05, 3.63) is 35.9 Å². The third-order valence-electron chi connectivity index (χ3n) is 4.13. The average Bonchev–Trinajstić information content (AvgIpc) is 3.20. The highest BCUT2D eigenvalue weighted by molar-refractivity contribution is 5.97. The number of rotatable bonds is 3. The molecule has 0 bridgehead atoms. The van der Waals surface area contributed by atoms with Crippen LogP contribution >= 0.6 is 0 Å². The van der Waals surface area contributed by atoms with Gasteiger partial charge >= 0.3 is 0 Å². The maximum Gasteiger partial charge on any atom is 0.126 e. The molecule has 0 radical (unpaired) electrons. The Morgan fingerprint density at radius 3 is 3.00 bits per heavy atom. The molecule has 2 aromatic rings. The number of pyridine rings is 1. The van der Waals surface area contributed by atoms with Gasteiger partial charge in [0.15, 0.2) is 0 Å². The lowest BCUT2D eigenvalue weighted by Gasteiger charge is -2.15. The molecule has 1 fully saturated rings. The van der Waals surface area contributed by atoms with Crippen LogP contribution in [0.2, 0.25) is 0 Å². The summed E-state index contributed by atoms with van der Waals surface area (Å²) in [6.07, 6.45) is 4.91. The van der Waals surface area contributed by atoms with E-state index in [1.165, 1.54) is 5.57 Å². The molecule has 4 rings (SSSR count). The van der Waals surface area contributed by atoms with E-state index in [-0.39, 0.29) is 0 Å². The number of allylic oxidation sites excluding steroid dienone is 1. The molecule has 0 saturated carbocycles. The summed E-state index contributed by atoms with van der Waals surface area (Å²) >= 11 is 0. The summed E-state index contributed by atoms with van der Waals surface area (Å²) in [5, 5.41) is 4.62. The highest BCUT2D eigenvalue weighted by Gasteiger charge is 2.17. The summed E-state index contributed by atoms with van der Waals surface area (Å²) < 4.78 is 5.43. The fourth-order valence-electron chi connectivity index (χ4n) is 2.97. The second-order valence-electron chi connectivity index (χ2n) is 5.71. The predicted molar refractivity (Wildman–Crippen MR) is 90.3 cm³/mol.